The fraction of sp³-hybridized carbons (Fsp3) is 0.650. The summed E-state index contributed by atoms with van der Waals surface area (Å²) in [6.45, 7) is 5.22. The van der Waals surface area contributed by atoms with E-state index in [0.717, 1.165) is 51.7 Å². The maximum atomic E-state index is 13.0. The van der Waals surface area contributed by atoms with Crippen molar-refractivity contribution < 1.29 is 14.3 Å². The van der Waals surface area contributed by atoms with Crippen LogP contribution in [0.1, 0.15) is 55.8 Å². The smallest absolute Gasteiger partial charge is 0.259 e. The van der Waals surface area contributed by atoms with Crippen molar-refractivity contribution >= 4 is 11.8 Å². The first-order valence-corrected chi connectivity index (χ1v) is 9.64. The molecule has 1 aromatic rings. The number of aromatic nitrogens is 1. The van der Waals surface area contributed by atoms with E-state index in [1.807, 2.05) is 9.80 Å². The van der Waals surface area contributed by atoms with Gasteiger partial charge in [-0.15, -0.1) is 0 Å². The average molecular weight is 359 g/mol. The molecule has 1 spiro atoms. The maximum Gasteiger partial charge on any atom is 0.259 e. The van der Waals surface area contributed by atoms with Crippen molar-refractivity contribution in [2.75, 3.05) is 33.3 Å². The molecule has 1 aromatic heterocycles. The summed E-state index contributed by atoms with van der Waals surface area (Å²) in [4.78, 5) is 33.4. The van der Waals surface area contributed by atoms with Crippen LogP contribution < -0.4 is 4.74 Å². The molecule has 2 saturated heterocycles. The molecule has 2 aliphatic heterocycles. The Morgan fingerprint density at radius 2 is 2.19 bits per heavy atom. The number of unbranched alkanes of at least 4 members (excludes halogenated alkanes) is 1. The van der Waals surface area contributed by atoms with Gasteiger partial charge in [0, 0.05) is 44.2 Å². The van der Waals surface area contributed by atoms with Gasteiger partial charge in [-0.2, -0.15) is 0 Å². The Balaban J connectivity index is 1.74. The summed E-state index contributed by atoms with van der Waals surface area (Å²) in [6, 6.07) is 3.54. The van der Waals surface area contributed by atoms with Crippen LogP contribution in [0.15, 0.2) is 18.3 Å². The van der Waals surface area contributed by atoms with E-state index < -0.39 is 0 Å². The fourth-order valence-corrected chi connectivity index (χ4v) is 4.26. The Hall–Kier alpha value is -2.11. The fourth-order valence-electron chi connectivity index (χ4n) is 4.26. The van der Waals surface area contributed by atoms with Crippen LogP contribution in [-0.2, 0) is 4.79 Å². The molecule has 2 aliphatic rings. The minimum atomic E-state index is -0.0222. The van der Waals surface area contributed by atoms with Crippen LogP contribution in [0.4, 0.5) is 0 Å². The van der Waals surface area contributed by atoms with Crippen LogP contribution in [-0.4, -0.2) is 59.9 Å². The van der Waals surface area contributed by atoms with Crippen LogP contribution in [0.3, 0.4) is 0 Å². The molecule has 2 fully saturated rings. The summed E-state index contributed by atoms with van der Waals surface area (Å²) in [5, 5.41) is 0. The molecule has 0 aromatic carbocycles. The molecule has 0 saturated carbocycles. The number of carbonyl (C=O) groups is 2. The highest BCUT2D eigenvalue weighted by Gasteiger charge is 2.42. The third kappa shape index (κ3) is 3.84. The third-order valence-corrected chi connectivity index (χ3v) is 5.67. The molecule has 6 heteroatoms. The lowest BCUT2D eigenvalue weighted by molar-refractivity contribution is -0.139. The molecule has 0 aliphatic carbocycles. The summed E-state index contributed by atoms with van der Waals surface area (Å²) in [7, 11) is 1.54. The van der Waals surface area contributed by atoms with Crippen LogP contribution in [0.5, 0.6) is 5.88 Å². The highest BCUT2D eigenvalue weighted by Crippen LogP contribution is 2.39. The first-order valence-electron chi connectivity index (χ1n) is 9.64. The molecule has 142 valence electrons. The lowest BCUT2D eigenvalue weighted by Crippen LogP contribution is -2.55. The number of pyridine rings is 1. The van der Waals surface area contributed by atoms with Gasteiger partial charge in [0.05, 0.1) is 7.11 Å². The molecule has 0 unspecified atom stereocenters. The number of rotatable bonds is 5. The normalized spacial score (nSPS) is 23.4. The number of carbonyl (C=O) groups excluding carboxylic acids is 2. The van der Waals surface area contributed by atoms with E-state index >= 15 is 0 Å². The second-order valence-electron chi connectivity index (χ2n) is 7.56. The molecule has 3 rings (SSSR count). The zero-order valence-corrected chi connectivity index (χ0v) is 15.9. The second kappa shape index (κ2) is 8.06. The third-order valence-electron chi connectivity index (χ3n) is 5.67. The molecule has 1 atom stereocenters. The molecule has 2 amide bonds. The van der Waals surface area contributed by atoms with Crippen LogP contribution >= 0.6 is 0 Å². The molecular weight excluding hydrogens is 330 g/mol. The van der Waals surface area contributed by atoms with Gasteiger partial charge >= 0.3 is 0 Å². The summed E-state index contributed by atoms with van der Waals surface area (Å²) in [6.07, 6.45) is 7.29. The lowest BCUT2D eigenvalue weighted by atomic mass is 9.73. The molecule has 0 N–H and O–H groups in total. The Labute approximate surface area is 155 Å². The van der Waals surface area contributed by atoms with Gasteiger partial charge in [0.1, 0.15) is 5.56 Å². The van der Waals surface area contributed by atoms with E-state index in [1.54, 1.807) is 18.3 Å². The van der Waals surface area contributed by atoms with Crippen molar-refractivity contribution in [3.8, 4) is 5.88 Å². The number of hydrogen-bond donors (Lipinski definition) is 0. The van der Waals surface area contributed by atoms with E-state index in [4.69, 9.17) is 4.74 Å². The first-order chi connectivity index (χ1) is 12.6. The molecule has 0 radical (unpaired) electrons. The summed E-state index contributed by atoms with van der Waals surface area (Å²) >= 11 is 0. The van der Waals surface area contributed by atoms with E-state index in [1.165, 1.54) is 7.11 Å². The monoisotopic (exact) mass is 359 g/mol. The first kappa shape index (κ1) is 18.7. The Morgan fingerprint density at radius 3 is 2.96 bits per heavy atom. The zero-order chi connectivity index (χ0) is 18.6. The minimum absolute atomic E-state index is 0.0222. The summed E-state index contributed by atoms with van der Waals surface area (Å²) in [5.74, 6) is 0.619. The quantitative estimate of drug-likeness (QED) is 0.811. The lowest BCUT2D eigenvalue weighted by Gasteiger charge is -2.48. The second-order valence-corrected chi connectivity index (χ2v) is 7.56. The highest BCUT2D eigenvalue weighted by atomic mass is 16.5. The van der Waals surface area contributed by atoms with Gasteiger partial charge in [0.15, 0.2) is 0 Å². The minimum Gasteiger partial charge on any atom is -0.480 e. The number of piperidine rings is 2. The van der Waals surface area contributed by atoms with Gasteiger partial charge in [-0.3, -0.25) is 9.59 Å². The van der Waals surface area contributed by atoms with Gasteiger partial charge in [-0.05, 0) is 37.8 Å². The van der Waals surface area contributed by atoms with Crippen molar-refractivity contribution in [3.05, 3.63) is 23.9 Å². The molecule has 0 bridgehead atoms. The maximum absolute atomic E-state index is 13.0. The van der Waals surface area contributed by atoms with E-state index in [9.17, 15) is 9.59 Å². The standard InChI is InChI=1S/C20H29N3O3/c1-3-4-12-22-14-20(10-8-17(22)24)9-6-13-23(15-20)19(25)16-7-5-11-21-18(16)26-2/h5,7,11H,3-4,6,8-10,12-15H2,1-2H3/t20-/m1/s1. The van der Waals surface area contributed by atoms with Crippen molar-refractivity contribution in [2.45, 2.75) is 45.4 Å². The molecular formula is C20H29N3O3. The van der Waals surface area contributed by atoms with Crippen molar-refractivity contribution in [1.29, 1.82) is 0 Å². The van der Waals surface area contributed by atoms with Gasteiger partial charge in [0.2, 0.25) is 11.8 Å². The number of amides is 2. The van der Waals surface area contributed by atoms with Gasteiger partial charge in [-0.25, -0.2) is 4.98 Å². The van der Waals surface area contributed by atoms with Gasteiger partial charge in [-0.1, -0.05) is 13.3 Å². The number of nitrogens with zero attached hydrogens (tertiary/aromatic N) is 3. The Bertz CT molecular complexity index is 663. The van der Waals surface area contributed by atoms with Crippen LogP contribution in [0, 0.1) is 5.41 Å². The predicted molar refractivity (Wildman–Crippen MR) is 99.1 cm³/mol. The topological polar surface area (TPSA) is 62.7 Å². The van der Waals surface area contributed by atoms with Gasteiger partial charge < -0.3 is 14.5 Å². The molecule has 3 heterocycles. The summed E-state index contributed by atoms with van der Waals surface area (Å²) in [5.41, 5.74) is 0.548. The zero-order valence-electron chi connectivity index (χ0n) is 15.9. The van der Waals surface area contributed by atoms with Crippen LogP contribution in [0.25, 0.3) is 0 Å². The average Bonchev–Trinajstić information content (AvgIpc) is 2.68. The van der Waals surface area contributed by atoms with Gasteiger partial charge in [0.25, 0.3) is 5.91 Å². The number of ether oxygens (including phenoxy) is 1. The highest BCUT2D eigenvalue weighted by molar-refractivity contribution is 5.96. The largest absolute Gasteiger partial charge is 0.480 e. The van der Waals surface area contributed by atoms with Crippen molar-refractivity contribution in [2.24, 2.45) is 5.41 Å². The SMILES string of the molecule is CCCCN1C[C@@]2(CCCN(C(=O)c3cccnc3OC)C2)CCC1=O. The van der Waals surface area contributed by atoms with E-state index in [2.05, 4.69) is 11.9 Å². The Morgan fingerprint density at radius 1 is 1.35 bits per heavy atom. The van der Waals surface area contributed by atoms with Crippen molar-refractivity contribution in [1.82, 2.24) is 14.8 Å². The van der Waals surface area contributed by atoms with Crippen molar-refractivity contribution in [3.63, 3.8) is 0 Å². The van der Waals surface area contributed by atoms with Crippen LogP contribution in [0.2, 0.25) is 0 Å². The van der Waals surface area contributed by atoms with E-state index in [-0.39, 0.29) is 17.2 Å². The number of hydrogen-bond acceptors (Lipinski definition) is 4. The molecule has 6 nitrogen and oxygen atoms in total. The molecule has 26 heavy (non-hydrogen) atoms. The Kier molecular flexibility index (Phi) is 5.79. The van der Waals surface area contributed by atoms with E-state index in [0.29, 0.717) is 24.4 Å². The number of likely N-dealkylation sites (tertiary alicyclic amines) is 2. The summed E-state index contributed by atoms with van der Waals surface area (Å²) < 4.78 is 5.26. The predicted octanol–water partition coefficient (Wildman–Crippen LogP) is 2.74. The number of methoxy groups -OCH3 is 1.